The third kappa shape index (κ3) is 1.56. The maximum absolute atomic E-state index is 11.2. The standard InChI is InChI=1S/C11H10N2O3/c1-6-4-11(14)12-9-3-7(2)10(13(15)16)5-8(6)9/h3-5H,1-2H3,(H,12,14). The summed E-state index contributed by atoms with van der Waals surface area (Å²) in [4.78, 5) is 24.3. The van der Waals surface area contributed by atoms with Gasteiger partial charge in [-0.2, -0.15) is 0 Å². The van der Waals surface area contributed by atoms with Crippen LogP contribution in [0.5, 0.6) is 0 Å². The Morgan fingerprint density at radius 2 is 1.88 bits per heavy atom. The molecule has 0 atom stereocenters. The Balaban J connectivity index is 2.90. The summed E-state index contributed by atoms with van der Waals surface area (Å²) in [6.07, 6.45) is 0. The molecule has 1 heterocycles. The lowest BCUT2D eigenvalue weighted by Crippen LogP contribution is -2.05. The van der Waals surface area contributed by atoms with Gasteiger partial charge in [-0.3, -0.25) is 14.9 Å². The van der Waals surface area contributed by atoms with E-state index in [2.05, 4.69) is 4.98 Å². The molecule has 0 bridgehead atoms. The third-order valence-corrected chi connectivity index (χ3v) is 2.56. The fourth-order valence-corrected chi connectivity index (χ4v) is 1.77. The summed E-state index contributed by atoms with van der Waals surface area (Å²) in [7, 11) is 0. The highest BCUT2D eigenvalue weighted by Gasteiger charge is 2.12. The van der Waals surface area contributed by atoms with Crippen molar-refractivity contribution in [2.24, 2.45) is 0 Å². The molecule has 82 valence electrons. The average Bonchev–Trinajstić information content (AvgIpc) is 2.15. The van der Waals surface area contributed by atoms with Gasteiger partial charge in [0.05, 0.1) is 4.92 Å². The molecule has 1 N–H and O–H groups in total. The molecule has 2 aromatic rings. The molecule has 0 aliphatic rings. The minimum atomic E-state index is -0.417. The molecule has 1 aromatic carbocycles. The van der Waals surface area contributed by atoms with E-state index >= 15 is 0 Å². The van der Waals surface area contributed by atoms with Crippen molar-refractivity contribution >= 4 is 16.6 Å². The van der Waals surface area contributed by atoms with Crippen LogP contribution in [0.3, 0.4) is 0 Å². The van der Waals surface area contributed by atoms with E-state index in [1.165, 1.54) is 12.1 Å². The van der Waals surface area contributed by atoms with Gasteiger partial charge in [0.15, 0.2) is 0 Å². The van der Waals surface area contributed by atoms with Crippen LogP contribution in [-0.4, -0.2) is 9.91 Å². The van der Waals surface area contributed by atoms with Gasteiger partial charge in [-0.25, -0.2) is 0 Å². The van der Waals surface area contributed by atoms with E-state index in [4.69, 9.17) is 0 Å². The van der Waals surface area contributed by atoms with E-state index < -0.39 is 4.92 Å². The first-order valence-corrected chi connectivity index (χ1v) is 4.77. The number of rotatable bonds is 1. The van der Waals surface area contributed by atoms with Crippen LogP contribution in [0.1, 0.15) is 11.1 Å². The van der Waals surface area contributed by atoms with Crippen molar-refractivity contribution in [1.82, 2.24) is 4.98 Å². The van der Waals surface area contributed by atoms with Crippen molar-refractivity contribution in [2.45, 2.75) is 13.8 Å². The number of nitro benzene ring substituents is 1. The monoisotopic (exact) mass is 218 g/mol. The molecule has 2 rings (SSSR count). The van der Waals surface area contributed by atoms with Gasteiger partial charge in [-0.05, 0) is 25.5 Å². The van der Waals surface area contributed by atoms with Gasteiger partial charge >= 0.3 is 0 Å². The number of fused-ring (bicyclic) bond motifs is 1. The number of nitro groups is 1. The number of pyridine rings is 1. The average molecular weight is 218 g/mol. The number of hydrogen-bond donors (Lipinski definition) is 1. The summed E-state index contributed by atoms with van der Waals surface area (Å²) in [5, 5.41) is 11.5. The van der Waals surface area contributed by atoms with Crippen molar-refractivity contribution in [1.29, 1.82) is 0 Å². The van der Waals surface area contributed by atoms with Gasteiger partial charge in [-0.1, -0.05) is 0 Å². The molecule has 0 spiro atoms. The number of aromatic nitrogens is 1. The third-order valence-electron chi connectivity index (χ3n) is 2.56. The van der Waals surface area contributed by atoms with Crippen LogP contribution >= 0.6 is 0 Å². The molecule has 0 amide bonds. The van der Waals surface area contributed by atoms with Gasteiger partial charge in [0.1, 0.15) is 0 Å². The minimum Gasteiger partial charge on any atom is -0.322 e. The van der Waals surface area contributed by atoms with Crippen LogP contribution in [0.2, 0.25) is 0 Å². The fraction of sp³-hybridized carbons (Fsp3) is 0.182. The van der Waals surface area contributed by atoms with Crippen molar-refractivity contribution in [3.8, 4) is 0 Å². The number of H-pyrrole nitrogens is 1. The highest BCUT2D eigenvalue weighted by Crippen LogP contribution is 2.25. The number of aryl methyl sites for hydroxylation is 2. The maximum Gasteiger partial charge on any atom is 0.273 e. The van der Waals surface area contributed by atoms with E-state index in [-0.39, 0.29) is 11.2 Å². The Morgan fingerprint density at radius 1 is 1.19 bits per heavy atom. The second-order valence-electron chi connectivity index (χ2n) is 3.76. The number of benzene rings is 1. The smallest absolute Gasteiger partial charge is 0.273 e. The lowest BCUT2D eigenvalue weighted by molar-refractivity contribution is -0.385. The van der Waals surface area contributed by atoms with Crippen molar-refractivity contribution < 1.29 is 4.92 Å². The van der Waals surface area contributed by atoms with Crippen LogP contribution < -0.4 is 5.56 Å². The minimum absolute atomic E-state index is 0.0719. The molecular weight excluding hydrogens is 208 g/mol. The second kappa shape index (κ2) is 3.44. The molecule has 5 nitrogen and oxygen atoms in total. The largest absolute Gasteiger partial charge is 0.322 e. The van der Waals surface area contributed by atoms with Crippen LogP contribution in [0.15, 0.2) is 23.0 Å². The van der Waals surface area contributed by atoms with E-state index in [1.54, 1.807) is 19.9 Å². The predicted octanol–water partition coefficient (Wildman–Crippen LogP) is 2.05. The molecule has 0 aliphatic carbocycles. The zero-order chi connectivity index (χ0) is 11.9. The SMILES string of the molecule is Cc1cc2[nH]c(=O)cc(C)c2cc1[N+](=O)[O-]. The number of aromatic amines is 1. The van der Waals surface area contributed by atoms with Crippen LogP contribution in [-0.2, 0) is 0 Å². The predicted molar refractivity (Wildman–Crippen MR) is 60.7 cm³/mol. The molecular formula is C11H10N2O3. The molecule has 0 saturated carbocycles. The van der Waals surface area contributed by atoms with E-state index in [1.807, 2.05) is 0 Å². The van der Waals surface area contributed by atoms with Crippen molar-refractivity contribution in [2.75, 3.05) is 0 Å². The Kier molecular flexibility index (Phi) is 2.23. The summed E-state index contributed by atoms with van der Waals surface area (Å²) in [5.41, 5.74) is 1.79. The van der Waals surface area contributed by atoms with E-state index in [9.17, 15) is 14.9 Å². The summed E-state index contributed by atoms with van der Waals surface area (Å²) in [5.74, 6) is 0. The lowest BCUT2D eigenvalue weighted by atomic mass is 10.1. The molecule has 0 saturated heterocycles. The van der Waals surface area contributed by atoms with Crippen LogP contribution in [0, 0.1) is 24.0 Å². The lowest BCUT2D eigenvalue weighted by Gasteiger charge is -2.03. The van der Waals surface area contributed by atoms with Crippen molar-refractivity contribution in [3.63, 3.8) is 0 Å². The normalized spacial score (nSPS) is 10.6. The van der Waals surface area contributed by atoms with Gasteiger partial charge in [0, 0.05) is 28.6 Å². The first-order chi connectivity index (χ1) is 7.49. The maximum atomic E-state index is 11.2. The molecule has 16 heavy (non-hydrogen) atoms. The van der Waals surface area contributed by atoms with Gasteiger partial charge in [0.2, 0.25) is 5.56 Å². The quantitative estimate of drug-likeness (QED) is 0.587. The fourth-order valence-electron chi connectivity index (χ4n) is 1.77. The summed E-state index contributed by atoms with van der Waals surface area (Å²) < 4.78 is 0. The molecule has 1 aromatic heterocycles. The van der Waals surface area contributed by atoms with E-state index in [0.29, 0.717) is 16.5 Å². The molecule has 0 radical (unpaired) electrons. The molecule has 0 unspecified atom stereocenters. The summed E-state index contributed by atoms with van der Waals surface area (Å²) in [6, 6.07) is 4.55. The first-order valence-electron chi connectivity index (χ1n) is 4.77. The van der Waals surface area contributed by atoms with E-state index in [0.717, 1.165) is 5.56 Å². The Morgan fingerprint density at radius 3 is 2.50 bits per heavy atom. The first kappa shape index (κ1) is 10.4. The van der Waals surface area contributed by atoms with Crippen LogP contribution in [0.25, 0.3) is 10.9 Å². The van der Waals surface area contributed by atoms with Gasteiger partial charge < -0.3 is 4.98 Å². The zero-order valence-electron chi connectivity index (χ0n) is 8.90. The number of nitrogens with one attached hydrogen (secondary N) is 1. The summed E-state index contributed by atoms with van der Waals surface area (Å²) in [6.45, 7) is 3.41. The number of hydrogen-bond acceptors (Lipinski definition) is 3. The number of nitrogens with zero attached hydrogens (tertiary/aromatic N) is 1. The summed E-state index contributed by atoms with van der Waals surface area (Å²) >= 11 is 0. The Hall–Kier alpha value is -2.17. The van der Waals surface area contributed by atoms with Gasteiger partial charge in [-0.15, -0.1) is 0 Å². The molecule has 0 fully saturated rings. The topological polar surface area (TPSA) is 76.0 Å². The zero-order valence-corrected chi connectivity index (χ0v) is 8.90. The molecule has 5 heteroatoms. The highest BCUT2D eigenvalue weighted by atomic mass is 16.6. The Bertz CT molecular complexity index is 643. The highest BCUT2D eigenvalue weighted by molar-refractivity contribution is 5.85. The molecule has 0 aliphatic heterocycles. The van der Waals surface area contributed by atoms with Crippen molar-refractivity contribution in [3.05, 3.63) is 49.8 Å². The van der Waals surface area contributed by atoms with Crippen LogP contribution in [0.4, 0.5) is 5.69 Å². The van der Waals surface area contributed by atoms with Gasteiger partial charge in [0.25, 0.3) is 5.69 Å². The second-order valence-corrected chi connectivity index (χ2v) is 3.76. The Labute approximate surface area is 90.9 Å².